The molecule has 0 saturated carbocycles. The Kier molecular flexibility index (Phi) is 7.56. The monoisotopic (exact) mass is 360 g/mol. The van der Waals surface area contributed by atoms with Crippen LogP contribution >= 0.6 is 28.3 Å². The molecule has 1 heterocycles. The number of hydrogen-bond acceptors (Lipinski definition) is 2. The number of benzene rings is 1. The molecule has 3 nitrogen and oxygen atoms in total. The molecule has 0 aliphatic carbocycles. The Bertz CT molecular complexity index is 434. The molecule has 0 unspecified atom stereocenters. The summed E-state index contributed by atoms with van der Waals surface area (Å²) in [5, 5.41) is 3.20. The number of carbonyl (C=O) groups is 1. The molecule has 0 bridgehead atoms. The van der Waals surface area contributed by atoms with Gasteiger partial charge in [0.15, 0.2) is 0 Å². The van der Waals surface area contributed by atoms with Crippen molar-refractivity contribution in [2.24, 2.45) is 5.92 Å². The van der Waals surface area contributed by atoms with E-state index in [9.17, 15) is 4.79 Å². The zero-order valence-corrected chi connectivity index (χ0v) is 14.2. The number of nitrogens with one attached hydrogen (secondary N) is 1. The normalized spacial score (nSPS) is 15.8. The van der Waals surface area contributed by atoms with Crippen molar-refractivity contribution in [2.75, 3.05) is 26.7 Å². The molecule has 1 N–H and O–H groups in total. The van der Waals surface area contributed by atoms with Crippen LogP contribution in [0.2, 0.25) is 0 Å². The fraction of sp³-hybridized carbons (Fsp3) is 0.533. The number of carbonyl (C=O) groups excluding carboxylic acids is 1. The second kappa shape index (κ2) is 8.65. The van der Waals surface area contributed by atoms with Crippen molar-refractivity contribution in [2.45, 2.75) is 19.3 Å². The molecule has 1 amide bonds. The van der Waals surface area contributed by atoms with Crippen molar-refractivity contribution in [3.8, 4) is 0 Å². The minimum atomic E-state index is 0. The van der Waals surface area contributed by atoms with Gasteiger partial charge < -0.3 is 10.2 Å². The van der Waals surface area contributed by atoms with Crippen molar-refractivity contribution < 1.29 is 4.79 Å². The second-order valence-corrected chi connectivity index (χ2v) is 5.96. The Balaban J connectivity index is 0.00000200. The largest absolute Gasteiger partial charge is 0.339 e. The van der Waals surface area contributed by atoms with Crippen molar-refractivity contribution in [1.29, 1.82) is 0 Å². The molecule has 0 radical (unpaired) electrons. The standard InChI is InChI=1S/C15H21BrN2O.ClH/c1-17-9-6-12-7-10-18(11-8-12)15(19)13-4-2-3-5-14(13)16;/h2-5,12,17H,6-11H2,1H3;1H. The maximum Gasteiger partial charge on any atom is 0.254 e. The van der Waals surface area contributed by atoms with Gasteiger partial charge in [-0.15, -0.1) is 12.4 Å². The van der Waals surface area contributed by atoms with Crippen LogP contribution in [-0.4, -0.2) is 37.5 Å². The molecule has 1 aliphatic rings. The smallest absolute Gasteiger partial charge is 0.254 e. The van der Waals surface area contributed by atoms with Gasteiger partial charge in [0.1, 0.15) is 0 Å². The highest BCUT2D eigenvalue weighted by atomic mass is 79.9. The third kappa shape index (κ3) is 4.47. The summed E-state index contributed by atoms with van der Waals surface area (Å²) in [5.41, 5.74) is 0.774. The third-order valence-corrected chi connectivity index (χ3v) is 4.50. The first-order valence-electron chi connectivity index (χ1n) is 6.90. The lowest BCUT2D eigenvalue weighted by molar-refractivity contribution is 0.0686. The Hall–Kier alpha value is -0.580. The van der Waals surface area contributed by atoms with Crippen LogP contribution in [0.25, 0.3) is 0 Å². The van der Waals surface area contributed by atoms with Gasteiger partial charge in [-0.1, -0.05) is 12.1 Å². The van der Waals surface area contributed by atoms with Crippen LogP contribution in [0, 0.1) is 5.92 Å². The Morgan fingerprint density at radius 1 is 1.35 bits per heavy atom. The number of rotatable bonds is 4. The molecule has 112 valence electrons. The molecule has 0 aromatic heterocycles. The maximum atomic E-state index is 12.4. The van der Waals surface area contributed by atoms with E-state index in [1.165, 1.54) is 6.42 Å². The van der Waals surface area contributed by atoms with Crippen LogP contribution in [0.3, 0.4) is 0 Å². The van der Waals surface area contributed by atoms with Crippen molar-refractivity contribution in [3.05, 3.63) is 34.3 Å². The fourth-order valence-electron chi connectivity index (χ4n) is 2.58. The predicted octanol–water partition coefficient (Wildman–Crippen LogP) is 3.33. The average molecular weight is 362 g/mol. The van der Waals surface area contributed by atoms with Gasteiger partial charge in [0.25, 0.3) is 5.91 Å². The van der Waals surface area contributed by atoms with Crippen LogP contribution in [0.15, 0.2) is 28.7 Å². The van der Waals surface area contributed by atoms with E-state index in [1.54, 1.807) is 0 Å². The number of amides is 1. The molecule has 1 saturated heterocycles. The van der Waals surface area contributed by atoms with Crippen molar-refractivity contribution >= 4 is 34.2 Å². The van der Waals surface area contributed by atoms with Crippen LogP contribution in [0.4, 0.5) is 0 Å². The van der Waals surface area contributed by atoms with Crippen LogP contribution in [0.1, 0.15) is 29.6 Å². The fourth-order valence-corrected chi connectivity index (χ4v) is 3.03. The molecule has 0 atom stereocenters. The molecule has 0 spiro atoms. The van der Waals surface area contributed by atoms with Gasteiger partial charge in [-0.3, -0.25) is 4.79 Å². The Morgan fingerprint density at radius 2 is 2.00 bits per heavy atom. The third-order valence-electron chi connectivity index (χ3n) is 3.81. The summed E-state index contributed by atoms with van der Waals surface area (Å²) in [6.07, 6.45) is 3.46. The summed E-state index contributed by atoms with van der Waals surface area (Å²) in [6.45, 7) is 2.84. The Morgan fingerprint density at radius 3 is 2.60 bits per heavy atom. The lowest BCUT2D eigenvalue weighted by atomic mass is 9.93. The van der Waals surface area contributed by atoms with E-state index < -0.39 is 0 Å². The van der Waals surface area contributed by atoms with E-state index in [0.717, 1.165) is 48.4 Å². The van der Waals surface area contributed by atoms with Gasteiger partial charge in [0, 0.05) is 17.6 Å². The summed E-state index contributed by atoms with van der Waals surface area (Å²) in [6, 6.07) is 7.66. The summed E-state index contributed by atoms with van der Waals surface area (Å²) in [5.74, 6) is 0.912. The molecule has 1 aromatic carbocycles. The highest BCUT2D eigenvalue weighted by Crippen LogP contribution is 2.23. The van der Waals surface area contributed by atoms with Crippen LogP contribution in [-0.2, 0) is 0 Å². The van der Waals surface area contributed by atoms with E-state index in [0.29, 0.717) is 0 Å². The minimum Gasteiger partial charge on any atom is -0.339 e. The highest BCUT2D eigenvalue weighted by molar-refractivity contribution is 9.10. The first kappa shape index (κ1) is 17.5. The average Bonchev–Trinajstić information content (AvgIpc) is 2.45. The lowest BCUT2D eigenvalue weighted by Crippen LogP contribution is -2.39. The number of likely N-dealkylation sites (tertiary alicyclic amines) is 1. The van der Waals surface area contributed by atoms with Crippen LogP contribution in [0.5, 0.6) is 0 Å². The molecule has 1 fully saturated rings. The highest BCUT2D eigenvalue weighted by Gasteiger charge is 2.24. The minimum absolute atomic E-state index is 0. The first-order chi connectivity index (χ1) is 9.22. The SMILES string of the molecule is CNCCC1CCN(C(=O)c2ccccc2Br)CC1.Cl. The lowest BCUT2D eigenvalue weighted by Gasteiger charge is -2.32. The zero-order valence-electron chi connectivity index (χ0n) is 11.8. The predicted molar refractivity (Wildman–Crippen MR) is 88.6 cm³/mol. The number of piperidine rings is 1. The number of hydrogen-bond donors (Lipinski definition) is 1. The number of halogens is 2. The molecule has 1 aromatic rings. The maximum absolute atomic E-state index is 12.4. The molecule has 1 aliphatic heterocycles. The summed E-state index contributed by atoms with van der Waals surface area (Å²) in [7, 11) is 1.99. The zero-order chi connectivity index (χ0) is 13.7. The van der Waals surface area contributed by atoms with Gasteiger partial charge in [0.05, 0.1) is 5.56 Å². The van der Waals surface area contributed by atoms with Gasteiger partial charge in [-0.2, -0.15) is 0 Å². The van der Waals surface area contributed by atoms with Gasteiger partial charge in [-0.05, 0) is 66.8 Å². The molecular formula is C15H22BrClN2O. The molecular weight excluding hydrogens is 340 g/mol. The van der Waals surface area contributed by atoms with Gasteiger partial charge in [0.2, 0.25) is 0 Å². The summed E-state index contributed by atoms with van der Waals surface area (Å²) >= 11 is 3.45. The summed E-state index contributed by atoms with van der Waals surface area (Å²) < 4.78 is 0.886. The molecule has 2 rings (SSSR count). The molecule has 5 heteroatoms. The second-order valence-electron chi connectivity index (χ2n) is 5.11. The first-order valence-corrected chi connectivity index (χ1v) is 7.70. The van der Waals surface area contributed by atoms with Crippen molar-refractivity contribution in [1.82, 2.24) is 10.2 Å². The van der Waals surface area contributed by atoms with Crippen LogP contribution < -0.4 is 5.32 Å². The van der Waals surface area contributed by atoms with E-state index in [1.807, 2.05) is 36.2 Å². The van der Waals surface area contributed by atoms with Crippen molar-refractivity contribution in [3.63, 3.8) is 0 Å². The van der Waals surface area contributed by atoms with Gasteiger partial charge >= 0.3 is 0 Å². The van der Waals surface area contributed by atoms with E-state index in [-0.39, 0.29) is 18.3 Å². The van der Waals surface area contributed by atoms with Gasteiger partial charge in [-0.25, -0.2) is 0 Å². The molecule has 20 heavy (non-hydrogen) atoms. The topological polar surface area (TPSA) is 32.3 Å². The summed E-state index contributed by atoms with van der Waals surface area (Å²) in [4.78, 5) is 14.4. The quantitative estimate of drug-likeness (QED) is 0.892. The van der Waals surface area contributed by atoms with E-state index in [4.69, 9.17) is 0 Å². The Labute approximate surface area is 135 Å². The van der Waals surface area contributed by atoms with E-state index >= 15 is 0 Å². The number of nitrogens with zero attached hydrogens (tertiary/aromatic N) is 1. The van der Waals surface area contributed by atoms with E-state index in [2.05, 4.69) is 21.2 Å².